The van der Waals surface area contributed by atoms with Gasteiger partial charge in [-0.15, -0.1) is 0 Å². The Labute approximate surface area is 111 Å². The lowest BCUT2D eigenvalue weighted by Crippen LogP contribution is -2.47. The van der Waals surface area contributed by atoms with Crippen LogP contribution < -0.4 is 10.6 Å². The Kier molecular flexibility index (Phi) is 4.47. The first kappa shape index (κ1) is 13.9. The Morgan fingerprint density at radius 1 is 1.37 bits per heavy atom. The highest BCUT2D eigenvalue weighted by atomic mass is 19.2. The summed E-state index contributed by atoms with van der Waals surface area (Å²) in [6.45, 7) is 2.60. The van der Waals surface area contributed by atoms with Crippen LogP contribution in [0, 0.1) is 11.6 Å². The summed E-state index contributed by atoms with van der Waals surface area (Å²) in [6, 6.07) is 3.16. The van der Waals surface area contributed by atoms with E-state index in [1.54, 1.807) is 6.92 Å². The van der Waals surface area contributed by atoms with Crippen LogP contribution in [0.15, 0.2) is 18.2 Å². The molecule has 1 amide bonds. The Hall–Kier alpha value is -1.49. The third-order valence-electron chi connectivity index (χ3n) is 3.43. The number of carbonyl (C=O) groups excluding carboxylic acids is 1. The number of amides is 1. The molecule has 1 unspecified atom stereocenters. The molecule has 3 nitrogen and oxygen atoms in total. The summed E-state index contributed by atoms with van der Waals surface area (Å²) in [5.41, 5.74) is 0.558. The number of rotatable bonds is 3. The lowest BCUT2D eigenvalue weighted by atomic mass is 10.0. The minimum absolute atomic E-state index is 0.0862. The van der Waals surface area contributed by atoms with Crippen molar-refractivity contribution >= 4 is 5.91 Å². The molecular formula is C14H18F2N2O. The summed E-state index contributed by atoms with van der Waals surface area (Å²) in [5, 5.41) is 5.97. The molecule has 0 spiro atoms. The van der Waals surface area contributed by atoms with Gasteiger partial charge in [0.15, 0.2) is 11.6 Å². The van der Waals surface area contributed by atoms with Crippen molar-refractivity contribution in [3.05, 3.63) is 35.4 Å². The summed E-state index contributed by atoms with van der Waals surface area (Å²) in [5.74, 6) is -1.86. The minimum Gasteiger partial charge on any atom is -0.348 e. The van der Waals surface area contributed by atoms with Crippen LogP contribution in [-0.4, -0.2) is 18.5 Å². The van der Waals surface area contributed by atoms with E-state index in [2.05, 4.69) is 10.6 Å². The Morgan fingerprint density at radius 3 is 2.79 bits per heavy atom. The Balaban J connectivity index is 1.97. The molecular weight excluding hydrogens is 250 g/mol. The molecule has 1 aromatic rings. The zero-order valence-corrected chi connectivity index (χ0v) is 10.9. The summed E-state index contributed by atoms with van der Waals surface area (Å²) in [6.07, 6.45) is 2.93. The van der Waals surface area contributed by atoms with Gasteiger partial charge in [0.2, 0.25) is 5.91 Å². The van der Waals surface area contributed by atoms with Gasteiger partial charge in [-0.25, -0.2) is 8.78 Å². The standard InChI is InChI=1S/C14H18F2N2O/c1-9(10-5-6-11(15)12(16)8-10)18-14(19)13-4-2-3-7-17-13/h5-6,8-9,13,17H,2-4,7H2,1H3,(H,18,19)/t9?,13-/m0/s1. The number of benzene rings is 1. The lowest BCUT2D eigenvalue weighted by Gasteiger charge is -2.24. The predicted molar refractivity (Wildman–Crippen MR) is 68.6 cm³/mol. The highest BCUT2D eigenvalue weighted by Gasteiger charge is 2.22. The average molecular weight is 268 g/mol. The SMILES string of the molecule is CC(NC(=O)[C@@H]1CCCCN1)c1ccc(F)c(F)c1. The molecule has 5 heteroatoms. The molecule has 0 bridgehead atoms. The molecule has 1 fully saturated rings. The van der Waals surface area contributed by atoms with E-state index < -0.39 is 11.6 Å². The van der Waals surface area contributed by atoms with Gasteiger partial charge in [0.05, 0.1) is 12.1 Å². The van der Waals surface area contributed by atoms with Crippen molar-refractivity contribution < 1.29 is 13.6 Å². The van der Waals surface area contributed by atoms with Crippen LogP contribution in [0.4, 0.5) is 8.78 Å². The first-order valence-corrected chi connectivity index (χ1v) is 6.56. The van der Waals surface area contributed by atoms with Crippen molar-refractivity contribution in [2.24, 2.45) is 0 Å². The lowest BCUT2D eigenvalue weighted by molar-refractivity contribution is -0.124. The van der Waals surface area contributed by atoms with Gasteiger partial charge in [-0.3, -0.25) is 4.79 Å². The molecule has 19 heavy (non-hydrogen) atoms. The number of piperidine rings is 1. The molecule has 0 aliphatic carbocycles. The van der Waals surface area contributed by atoms with Crippen molar-refractivity contribution in [3.63, 3.8) is 0 Å². The van der Waals surface area contributed by atoms with Crippen LogP contribution in [0.5, 0.6) is 0 Å². The smallest absolute Gasteiger partial charge is 0.237 e. The van der Waals surface area contributed by atoms with E-state index in [1.165, 1.54) is 6.07 Å². The van der Waals surface area contributed by atoms with Gasteiger partial charge in [-0.2, -0.15) is 0 Å². The van der Waals surface area contributed by atoms with Crippen molar-refractivity contribution in [1.82, 2.24) is 10.6 Å². The first-order chi connectivity index (χ1) is 9.08. The fourth-order valence-corrected chi connectivity index (χ4v) is 2.25. The summed E-state index contributed by atoms with van der Waals surface area (Å²) in [4.78, 5) is 12.0. The molecule has 0 saturated carbocycles. The highest BCUT2D eigenvalue weighted by molar-refractivity contribution is 5.82. The normalized spacial score (nSPS) is 20.9. The highest BCUT2D eigenvalue weighted by Crippen LogP contribution is 2.16. The van der Waals surface area contributed by atoms with Crippen LogP contribution in [0.25, 0.3) is 0 Å². The van der Waals surface area contributed by atoms with Gasteiger partial charge >= 0.3 is 0 Å². The van der Waals surface area contributed by atoms with Crippen LogP contribution >= 0.6 is 0 Å². The van der Waals surface area contributed by atoms with Crippen molar-refractivity contribution in [2.75, 3.05) is 6.54 Å². The van der Waals surface area contributed by atoms with E-state index in [0.29, 0.717) is 5.56 Å². The van der Waals surface area contributed by atoms with Gasteiger partial charge in [-0.1, -0.05) is 12.5 Å². The maximum atomic E-state index is 13.1. The molecule has 104 valence electrons. The average Bonchev–Trinajstić information content (AvgIpc) is 2.42. The van der Waals surface area contributed by atoms with Crippen molar-refractivity contribution in [1.29, 1.82) is 0 Å². The molecule has 2 rings (SSSR count). The number of hydrogen-bond acceptors (Lipinski definition) is 2. The Morgan fingerprint density at radius 2 is 2.16 bits per heavy atom. The van der Waals surface area contributed by atoms with Crippen molar-refractivity contribution in [3.8, 4) is 0 Å². The molecule has 1 saturated heterocycles. The fourth-order valence-electron chi connectivity index (χ4n) is 2.25. The van der Waals surface area contributed by atoms with Gasteiger partial charge in [0, 0.05) is 0 Å². The zero-order chi connectivity index (χ0) is 13.8. The second-order valence-corrected chi connectivity index (χ2v) is 4.91. The number of halogens is 2. The number of hydrogen-bond donors (Lipinski definition) is 2. The molecule has 0 aromatic heterocycles. The van der Waals surface area contributed by atoms with E-state index >= 15 is 0 Å². The summed E-state index contributed by atoms with van der Waals surface area (Å²) >= 11 is 0. The summed E-state index contributed by atoms with van der Waals surface area (Å²) < 4.78 is 26.0. The van der Waals surface area contributed by atoms with Crippen LogP contribution in [0.1, 0.15) is 37.8 Å². The zero-order valence-electron chi connectivity index (χ0n) is 10.9. The largest absolute Gasteiger partial charge is 0.348 e. The van der Waals surface area contributed by atoms with E-state index in [9.17, 15) is 13.6 Å². The minimum atomic E-state index is -0.894. The van der Waals surface area contributed by atoms with Gasteiger partial charge < -0.3 is 10.6 Å². The molecule has 0 radical (unpaired) electrons. The van der Waals surface area contributed by atoms with Crippen molar-refractivity contribution in [2.45, 2.75) is 38.3 Å². The maximum absolute atomic E-state index is 13.1. The number of carbonyl (C=O) groups is 1. The molecule has 1 aliphatic heterocycles. The van der Waals surface area contributed by atoms with E-state index in [4.69, 9.17) is 0 Å². The Bertz CT molecular complexity index is 459. The monoisotopic (exact) mass is 268 g/mol. The third-order valence-corrected chi connectivity index (χ3v) is 3.43. The fraction of sp³-hybridized carbons (Fsp3) is 0.500. The first-order valence-electron chi connectivity index (χ1n) is 6.56. The second-order valence-electron chi connectivity index (χ2n) is 4.91. The molecule has 1 heterocycles. The maximum Gasteiger partial charge on any atom is 0.237 e. The van der Waals surface area contributed by atoms with Crippen LogP contribution in [0.3, 0.4) is 0 Å². The topological polar surface area (TPSA) is 41.1 Å². The molecule has 1 aliphatic rings. The third kappa shape index (κ3) is 3.50. The van der Waals surface area contributed by atoms with Gasteiger partial charge in [-0.05, 0) is 44.0 Å². The van der Waals surface area contributed by atoms with Crippen LogP contribution in [0.2, 0.25) is 0 Å². The molecule has 1 aromatic carbocycles. The second kappa shape index (κ2) is 6.10. The predicted octanol–water partition coefficient (Wildman–Crippen LogP) is 2.28. The van der Waals surface area contributed by atoms with Crippen LogP contribution in [-0.2, 0) is 4.79 Å². The van der Waals surface area contributed by atoms with E-state index in [0.717, 1.165) is 37.9 Å². The number of nitrogens with one attached hydrogen (secondary N) is 2. The molecule has 2 atom stereocenters. The molecule has 2 N–H and O–H groups in total. The summed E-state index contributed by atoms with van der Waals surface area (Å²) in [7, 11) is 0. The van der Waals surface area contributed by atoms with Gasteiger partial charge in [0.1, 0.15) is 0 Å². The van der Waals surface area contributed by atoms with E-state index in [1.807, 2.05) is 0 Å². The van der Waals surface area contributed by atoms with Gasteiger partial charge in [0.25, 0.3) is 0 Å². The quantitative estimate of drug-likeness (QED) is 0.883. The van der Waals surface area contributed by atoms with E-state index in [-0.39, 0.29) is 18.0 Å².